The molecular formula is C10H13N3. The molecule has 0 spiro atoms. The standard InChI is InChI=1S/C10H13N3/c1-8-6-10(11)13-7-9(8)4-3-5-12-2/h6-7,12H,5H2,1-2H3,(H2,11,13). The van der Waals surface area contributed by atoms with Gasteiger partial charge in [-0.05, 0) is 25.6 Å². The Morgan fingerprint density at radius 2 is 2.38 bits per heavy atom. The van der Waals surface area contributed by atoms with Crippen LogP contribution in [0, 0.1) is 18.8 Å². The maximum absolute atomic E-state index is 5.51. The molecule has 0 aliphatic heterocycles. The van der Waals surface area contributed by atoms with E-state index in [-0.39, 0.29) is 0 Å². The van der Waals surface area contributed by atoms with Crippen molar-refractivity contribution >= 4 is 5.82 Å². The number of pyridine rings is 1. The van der Waals surface area contributed by atoms with Gasteiger partial charge < -0.3 is 11.1 Å². The SMILES string of the molecule is CNCC#Cc1cnc(N)cc1C. The third-order valence-electron chi connectivity index (χ3n) is 1.62. The maximum Gasteiger partial charge on any atom is 0.123 e. The number of nitrogen functional groups attached to an aromatic ring is 1. The number of aromatic nitrogens is 1. The van der Waals surface area contributed by atoms with Gasteiger partial charge in [0.25, 0.3) is 0 Å². The molecule has 0 aliphatic rings. The van der Waals surface area contributed by atoms with Gasteiger partial charge in [-0.1, -0.05) is 11.8 Å². The summed E-state index contributed by atoms with van der Waals surface area (Å²) in [5.74, 6) is 6.52. The maximum atomic E-state index is 5.51. The number of hydrogen-bond acceptors (Lipinski definition) is 3. The molecule has 0 unspecified atom stereocenters. The first-order valence-corrected chi connectivity index (χ1v) is 4.09. The van der Waals surface area contributed by atoms with Gasteiger partial charge in [0.05, 0.1) is 6.54 Å². The molecule has 0 saturated heterocycles. The minimum atomic E-state index is 0.539. The molecule has 1 aromatic heterocycles. The predicted octanol–water partition coefficient (Wildman–Crippen LogP) is 0.543. The number of nitrogens with zero attached hydrogens (tertiary/aromatic N) is 1. The molecule has 0 amide bonds. The van der Waals surface area contributed by atoms with Gasteiger partial charge in [0.2, 0.25) is 0 Å². The average molecular weight is 175 g/mol. The van der Waals surface area contributed by atoms with E-state index in [1.165, 1.54) is 0 Å². The van der Waals surface area contributed by atoms with Gasteiger partial charge in [-0.2, -0.15) is 0 Å². The molecule has 0 fully saturated rings. The molecule has 1 rings (SSSR count). The van der Waals surface area contributed by atoms with Crippen molar-refractivity contribution in [1.82, 2.24) is 10.3 Å². The zero-order valence-electron chi connectivity index (χ0n) is 7.89. The lowest BCUT2D eigenvalue weighted by Gasteiger charge is -1.97. The normalized spacial score (nSPS) is 9.08. The van der Waals surface area contributed by atoms with Crippen LogP contribution in [-0.4, -0.2) is 18.6 Å². The Kier molecular flexibility index (Phi) is 3.30. The summed E-state index contributed by atoms with van der Waals surface area (Å²) >= 11 is 0. The van der Waals surface area contributed by atoms with Gasteiger partial charge >= 0.3 is 0 Å². The highest BCUT2D eigenvalue weighted by atomic mass is 14.8. The van der Waals surface area contributed by atoms with Crippen LogP contribution in [-0.2, 0) is 0 Å². The van der Waals surface area contributed by atoms with Gasteiger partial charge in [-0.3, -0.25) is 0 Å². The van der Waals surface area contributed by atoms with E-state index in [2.05, 4.69) is 22.1 Å². The first-order chi connectivity index (χ1) is 6.24. The number of aryl methyl sites for hydroxylation is 1. The molecule has 68 valence electrons. The van der Waals surface area contributed by atoms with Crippen LogP contribution in [0.15, 0.2) is 12.3 Å². The van der Waals surface area contributed by atoms with Crippen molar-refractivity contribution in [3.05, 3.63) is 23.4 Å². The highest BCUT2D eigenvalue weighted by Crippen LogP contribution is 2.07. The van der Waals surface area contributed by atoms with Crippen LogP contribution in [0.2, 0.25) is 0 Å². The molecule has 13 heavy (non-hydrogen) atoms. The van der Waals surface area contributed by atoms with E-state index in [9.17, 15) is 0 Å². The topological polar surface area (TPSA) is 50.9 Å². The van der Waals surface area contributed by atoms with Crippen molar-refractivity contribution in [3.63, 3.8) is 0 Å². The molecule has 3 nitrogen and oxygen atoms in total. The number of hydrogen-bond donors (Lipinski definition) is 2. The zero-order valence-corrected chi connectivity index (χ0v) is 7.89. The molecule has 1 aromatic rings. The monoisotopic (exact) mass is 175 g/mol. The van der Waals surface area contributed by atoms with E-state index in [1.54, 1.807) is 6.20 Å². The molecule has 0 radical (unpaired) electrons. The average Bonchev–Trinajstić information content (AvgIpc) is 2.09. The van der Waals surface area contributed by atoms with Crippen LogP contribution in [0.5, 0.6) is 0 Å². The lowest BCUT2D eigenvalue weighted by Crippen LogP contribution is -2.04. The number of rotatable bonds is 1. The van der Waals surface area contributed by atoms with Crippen molar-refractivity contribution < 1.29 is 0 Å². The summed E-state index contributed by atoms with van der Waals surface area (Å²) in [5, 5.41) is 2.95. The van der Waals surface area contributed by atoms with E-state index in [1.807, 2.05) is 20.0 Å². The third-order valence-corrected chi connectivity index (χ3v) is 1.62. The van der Waals surface area contributed by atoms with Crippen molar-refractivity contribution in [1.29, 1.82) is 0 Å². The van der Waals surface area contributed by atoms with Crippen LogP contribution in [0.4, 0.5) is 5.82 Å². The minimum Gasteiger partial charge on any atom is -0.384 e. The Labute approximate surface area is 78.4 Å². The fourth-order valence-corrected chi connectivity index (χ4v) is 0.936. The summed E-state index contributed by atoms with van der Waals surface area (Å²) in [7, 11) is 1.86. The van der Waals surface area contributed by atoms with Crippen LogP contribution in [0.1, 0.15) is 11.1 Å². The van der Waals surface area contributed by atoms with E-state index in [0.717, 1.165) is 11.1 Å². The van der Waals surface area contributed by atoms with Crippen molar-refractivity contribution in [2.24, 2.45) is 0 Å². The van der Waals surface area contributed by atoms with E-state index < -0.39 is 0 Å². The van der Waals surface area contributed by atoms with Gasteiger partial charge in [0, 0.05) is 11.8 Å². The Morgan fingerprint density at radius 1 is 1.62 bits per heavy atom. The first-order valence-electron chi connectivity index (χ1n) is 4.09. The van der Waals surface area contributed by atoms with E-state index >= 15 is 0 Å². The second-order valence-corrected chi connectivity index (χ2v) is 2.76. The molecule has 0 bridgehead atoms. The van der Waals surface area contributed by atoms with E-state index in [0.29, 0.717) is 12.4 Å². The Bertz CT molecular complexity index is 347. The second kappa shape index (κ2) is 4.48. The van der Waals surface area contributed by atoms with Crippen LogP contribution in [0.3, 0.4) is 0 Å². The van der Waals surface area contributed by atoms with Gasteiger partial charge in [-0.25, -0.2) is 4.98 Å². The largest absolute Gasteiger partial charge is 0.384 e. The summed E-state index contributed by atoms with van der Waals surface area (Å²) in [5.41, 5.74) is 7.51. The van der Waals surface area contributed by atoms with Gasteiger partial charge in [0.1, 0.15) is 5.82 Å². The Balaban J connectivity index is 2.85. The third kappa shape index (κ3) is 2.77. The van der Waals surface area contributed by atoms with Crippen molar-refractivity contribution in [2.45, 2.75) is 6.92 Å². The highest BCUT2D eigenvalue weighted by molar-refractivity contribution is 5.44. The summed E-state index contributed by atoms with van der Waals surface area (Å²) in [4.78, 5) is 3.97. The highest BCUT2D eigenvalue weighted by Gasteiger charge is 1.94. The van der Waals surface area contributed by atoms with Crippen LogP contribution < -0.4 is 11.1 Å². The fraction of sp³-hybridized carbons (Fsp3) is 0.300. The molecule has 1 heterocycles. The molecule has 3 N–H and O–H groups in total. The zero-order chi connectivity index (χ0) is 9.68. The number of nitrogens with one attached hydrogen (secondary N) is 1. The molecule has 0 saturated carbocycles. The van der Waals surface area contributed by atoms with Crippen LogP contribution in [0.25, 0.3) is 0 Å². The van der Waals surface area contributed by atoms with Crippen molar-refractivity contribution in [2.75, 3.05) is 19.3 Å². The summed E-state index contributed by atoms with van der Waals surface area (Å²) in [6, 6.07) is 1.82. The summed E-state index contributed by atoms with van der Waals surface area (Å²) < 4.78 is 0. The lowest BCUT2D eigenvalue weighted by atomic mass is 10.1. The van der Waals surface area contributed by atoms with Gasteiger partial charge in [-0.15, -0.1) is 0 Å². The molecule has 0 atom stereocenters. The molecular weight excluding hydrogens is 162 g/mol. The van der Waals surface area contributed by atoms with Crippen molar-refractivity contribution in [3.8, 4) is 11.8 Å². The van der Waals surface area contributed by atoms with E-state index in [4.69, 9.17) is 5.73 Å². The predicted molar refractivity (Wildman–Crippen MR) is 54.2 cm³/mol. The second-order valence-electron chi connectivity index (χ2n) is 2.76. The lowest BCUT2D eigenvalue weighted by molar-refractivity contribution is 0.938. The molecule has 0 aliphatic carbocycles. The Morgan fingerprint density at radius 3 is 3.00 bits per heavy atom. The number of nitrogens with two attached hydrogens (primary N) is 1. The Hall–Kier alpha value is -1.53. The fourth-order valence-electron chi connectivity index (χ4n) is 0.936. The molecule has 3 heteroatoms. The minimum absolute atomic E-state index is 0.539. The summed E-state index contributed by atoms with van der Waals surface area (Å²) in [6.07, 6.45) is 1.70. The number of anilines is 1. The van der Waals surface area contributed by atoms with Crippen LogP contribution >= 0.6 is 0 Å². The van der Waals surface area contributed by atoms with Gasteiger partial charge in [0.15, 0.2) is 0 Å². The quantitative estimate of drug-likeness (QED) is 0.613. The molecule has 0 aromatic carbocycles. The summed E-state index contributed by atoms with van der Waals surface area (Å²) in [6.45, 7) is 2.66. The first kappa shape index (κ1) is 9.56. The smallest absolute Gasteiger partial charge is 0.123 e.